The fraction of sp³-hybridized carbons (Fsp3) is 0.562. The number of hydrogen-bond acceptors (Lipinski definition) is 3. The summed E-state index contributed by atoms with van der Waals surface area (Å²) in [5.74, 6) is -0.244. The number of carbonyl (C=O) groups is 1. The van der Waals surface area contributed by atoms with Crippen molar-refractivity contribution in [3.63, 3.8) is 0 Å². The standard InChI is InChI=1S/C16H24N2O2/c1-16(7-9-20-10-8-16)12-18-15(19)14(11-17)13-5-3-2-4-6-13/h2-6,14H,7-12,17H2,1H3,(H,18,19). The van der Waals surface area contributed by atoms with E-state index in [0.29, 0.717) is 13.1 Å². The van der Waals surface area contributed by atoms with Gasteiger partial charge in [-0.2, -0.15) is 0 Å². The van der Waals surface area contributed by atoms with Gasteiger partial charge in [-0.15, -0.1) is 0 Å². The molecule has 110 valence electrons. The maximum Gasteiger partial charge on any atom is 0.228 e. The highest BCUT2D eigenvalue weighted by atomic mass is 16.5. The minimum atomic E-state index is -0.264. The van der Waals surface area contributed by atoms with Crippen LogP contribution >= 0.6 is 0 Å². The van der Waals surface area contributed by atoms with Crippen LogP contribution in [-0.4, -0.2) is 32.2 Å². The number of carbonyl (C=O) groups excluding carboxylic acids is 1. The van der Waals surface area contributed by atoms with Crippen molar-refractivity contribution < 1.29 is 9.53 Å². The molecule has 1 saturated heterocycles. The fourth-order valence-corrected chi connectivity index (χ4v) is 2.54. The molecule has 1 fully saturated rings. The number of benzene rings is 1. The fourth-order valence-electron chi connectivity index (χ4n) is 2.54. The second-order valence-electron chi connectivity index (χ2n) is 5.84. The topological polar surface area (TPSA) is 64.4 Å². The van der Waals surface area contributed by atoms with Crippen molar-refractivity contribution in [2.24, 2.45) is 11.1 Å². The van der Waals surface area contributed by atoms with Crippen LogP contribution in [0.25, 0.3) is 0 Å². The van der Waals surface area contributed by atoms with Gasteiger partial charge < -0.3 is 15.8 Å². The lowest BCUT2D eigenvalue weighted by Crippen LogP contribution is -2.42. The molecule has 4 heteroatoms. The van der Waals surface area contributed by atoms with Gasteiger partial charge in [0.05, 0.1) is 5.92 Å². The van der Waals surface area contributed by atoms with Crippen molar-refractivity contribution >= 4 is 5.91 Å². The van der Waals surface area contributed by atoms with E-state index < -0.39 is 0 Å². The molecule has 1 aliphatic rings. The molecule has 0 radical (unpaired) electrons. The minimum absolute atomic E-state index is 0.0198. The zero-order valence-electron chi connectivity index (χ0n) is 12.1. The molecule has 3 N–H and O–H groups in total. The first-order valence-electron chi connectivity index (χ1n) is 7.25. The Labute approximate surface area is 120 Å². The van der Waals surface area contributed by atoms with E-state index in [1.807, 2.05) is 30.3 Å². The number of nitrogens with two attached hydrogens (primary N) is 1. The van der Waals surface area contributed by atoms with Gasteiger partial charge in [0.1, 0.15) is 0 Å². The Morgan fingerprint density at radius 1 is 1.35 bits per heavy atom. The summed E-state index contributed by atoms with van der Waals surface area (Å²) in [4.78, 5) is 12.3. The van der Waals surface area contributed by atoms with Gasteiger partial charge in [-0.1, -0.05) is 37.3 Å². The molecule has 1 aromatic rings. The SMILES string of the molecule is CC1(CNC(=O)C(CN)c2ccccc2)CCOCC1. The maximum absolute atomic E-state index is 12.3. The molecule has 0 saturated carbocycles. The van der Waals surface area contributed by atoms with Crippen molar-refractivity contribution in [2.45, 2.75) is 25.7 Å². The zero-order valence-corrected chi connectivity index (χ0v) is 12.1. The molecule has 1 aliphatic heterocycles. The highest BCUT2D eigenvalue weighted by Gasteiger charge is 2.29. The van der Waals surface area contributed by atoms with Crippen LogP contribution in [0.3, 0.4) is 0 Å². The third-order valence-corrected chi connectivity index (χ3v) is 4.14. The van der Waals surface area contributed by atoms with Crippen molar-refractivity contribution in [3.05, 3.63) is 35.9 Å². The summed E-state index contributed by atoms with van der Waals surface area (Å²) in [5, 5.41) is 3.07. The van der Waals surface area contributed by atoms with Crippen LogP contribution in [0.4, 0.5) is 0 Å². The summed E-state index contributed by atoms with van der Waals surface area (Å²) < 4.78 is 5.38. The number of rotatable bonds is 5. The lowest BCUT2D eigenvalue weighted by atomic mass is 9.82. The van der Waals surface area contributed by atoms with Gasteiger partial charge in [0.15, 0.2) is 0 Å². The smallest absolute Gasteiger partial charge is 0.228 e. The Morgan fingerprint density at radius 3 is 2.60 bits per heavy atom. The average Bonchev–Trinajstić information content (AvgIpc) is 2.48. The third-order valence-electron chi connectivity index (χ3n) is 4.14. The quantitative estimate of drug-likeness (QED) is 0.859. The summed E-state index contributed by atoms with van der Waals surface area (Å²) in [5.41, 5.74) is 6.89. The van der Waals surface area contributed by atoms with E-state index in [0.717, 1.165) is 31.6 Å². The molecular weight excluding hydrogens is 252 g/mol. The molecule has 1 amide bonds. The van der Waals surface area contributed by atoms with Crippen LogP contribution in [-0.2, 0) is 9.53 Å². The molecule has 1 unspecified atom stereocenters. The largest absolute Gasteiger partial charge is 0.381 e. The third kappa shape index (κ3) is 3.81. The molecule has 0 aliphatic carbocycles. The van der Waals surface area contributed by atoms with Crippen molar-refractivity contribution in [2.75, 3.05) is 26.3 Å². The summed E-state index contributed by atoms with van der Waals surface area (Å²) in [7, 11) is 0. The predicted molar refractivity (Wildman–Crippen MR) is 79.4 cm³/mol. The molecule has 0 aromatic heterocycles. The van der Waals surface area contributed by atoms with E-state index in [9.17, 15) is 4.79 Å². The van der Waals surface area contributed by atoms with Crippen LogP contribution in [0.15, 0.2) is 30.3 Å². The molecule has 4 nitrogen and oxygen atoms in total. The van der Waals surface area contributed by atoms with Gasteiger partial charge in [-0.3, -0.25) is 4.79 Å². The van der Waals surface area contributed by atoms with Gasteiger partial charge in [-0.25, -0.2) is 0 Å². The van der Waals surface area contributed by atoms with E-state index in [1.54, 1.807) is 0 Å². The Morgan fingerprint density at radius 2 is 2.00 bits per heavy atom. The Kier molecular flexibility index (Phi) is 5.15. The average molecular weight is 276 g/mol. The minimum Gasteiger partial charge on any atom is -0.381 e. The second-order valence-corrected chi connectivity index (χ2v) is 5.84. The van der Waals surface area contributed by atoms with Gasteiger partial charge >= 0.3 is 0 Å². The van der Waals surface area contributed by atoms with Crippen molar-refractivity contribution in [1.82, 2.24) is 5.32 Å². The summed E-state index contributed by atoms with van der Waals surface area (Å²) in [6.45, 7) is 4.79. The van der Waals surface area contributed by atoms with Crippen molar-refractivity contribution in [1.29, 1.82) is 0 Å². The molecule has 1 heterocycles. The van der Waals surface area contributed by atoms with Gasteiger partial charge in [0, 0.05) is 26.3 Å². The highest BCUT2D eigenvalue weighted by Crippen LogP contribution is 2.29. The normalized spacial score (nSPS) is 19.3. The second kappa shape index (κ2) is 6.86. The van der Waals surface area contributed by atoms with Crippen LogP contribution in [0.1, 0.15) is 31.2 Å². The molecule has 20 heavy (non-hydrogen) atoms. The number of hydrogen-bond donors (Lipinski definition) is 2. The predicted octanol–water partition coefficient (Wildman–Crippen LogP) is 1.66. The molecule has 0 bridgehead atoms. The summed E-state index contributed by atoms with van der Waals surface area (Å²) >= 11 is 0. The van der Waals surface area contributed by atoms with E-state index in [2.05, 4.69) is 12.2 Å². The van der Waals surface area contributed by atoms with Crippen LogP contribution in [0.5, 0.6) is 0 Å². The maximum atomic E-state index is 12.3. The number of amides is 1. The van der Waals surface area contributed by atoms with E-state index >= 15 is 0 Å². The Hall–Kier alpha value is -1.39. The van der Waals surface area contributed by atoms with Gasteiger partial charge in [0.25, 0.3) is 0 Å². The summed E-state index contributed by atoms with van der Waals surface area (Å²) in [6, 6.07) is 9.72. The van der Waals surface area contributed by atoms with Crippen LogP contribution in [0.2, 0.25) is 0 Å². The molecular formula is C16H24N2O2. The first kappa shape index (κ1) is 15.0. The molecule has 2 rings (SSSR count). The van der Waals surface area contributed by atoms with E-state index in [1.165, 1.54) is 0 Å². The van der Waals surface area contributed by atoms with E-state index in [-0.39, 0.29) is 17.2 Å². The van der Waals surface area contributed by atoms with Gasteiger partial charge in [-0.05, 0) is 23.8 Å². The first-order chi connectivity index (χ1) is 9.64. The van der Waals surface area contributed by atoms with E-state index in [4.69, 9.17) is 10.5 Å². The number of nitrogens with one attached hydrogen (secondary N) is 1. The van der Waals surface area contributed by atoms with Crippen LogP contribution < -0.4 is 11.1 Å². The summed E-state index contributed by atoms with van der Waals surface area (Å²) in [6.07, 6.45) is 1.98. The van der Waals surface area contributed by atoms with Crippen molar-refractivity contribution in [3.8, 4) is 0 Å². The Bertz CT molecular complexity index is 427. The first-order valence-corrected chi connectivity index (χ1v) is 7.25. The lowest BCUT2D eigenvalue weighted by Gasteiger charge is -2.34. The van der Waals surface area contributed by atoms with Crippen LogP contribution in [0, 0.1) is 5.41 Å². The molecule has 1 atom stereocenters. The van der Waals surface area contributed by atoms with Gasteiger partial charge in [0.2, 0.25) is 5.91 Å². The zero-order chi connectivity index (χ0) is 14.4. The Balaban J connectivity index is 1.93. The monoisotopic (exact) mass is 276 g/mol. The number of ether oxygens (including phenoxy) is 1. The highest BCUT2D eigenvalue weighted by molar-refractivity contribution is 5.83. The molecule has 0 spiro atoms. The molecule has 1 aromatic carbocycles. The lowest BCUT2D eigenvalue weighted by molar-refractivity contribution is -0.123.